The molecule has 3 fully saturated rings. The van der Waals surface area contributed by atoms with Gasteiger partial charge in [-0.2, -0.15) is 5.10 Å². The number of aromatic amines is 1. The van der Waals surface area contributed by atoms with Crippen LogP contribution < -0.4 is 0 Å². The fraction of sp³-hybridized carbons (Fsp3) is 0.480. The lowest BCUT2D eigenvalue weighted by Gasteiger charge is -2.40. The Balaban J connectivity index is 1.30. The molecule has 1 N–H and O–H groups in total. The summed E-state index contributed by atoms with van der Waals surface area (Å²) in [4.78, 5) is 33.2. The molecule has 2 amide bonds. The summed E-state index contributed by atoms with van der Waals surface area (Å²) in [5, 5.41) is 5.01. The molecule has 0 spiro atoms. The predicted octanol–water partition coefficient (Wildman–Crippen LogP) is 4.48. The summed E-state index contributed by atoms with van der Waals surface area (Å²) in [5.74, 6) is 0.301. The molecule has 4 heterocycles. The second-order valence-electron chi connectivity index (χ2n) is 9.60. The molecule has 3 aromatic heterocycles. The van der Waals surface area contributed by atoms with E-state index in [0.717, 1.165) is 29.7 Å². The van der Waals surface area contributed by atoms with E-state index in [1.165, 1.54) is 37.7 Å². The summed E-state index contributed by atoms with van der Waals surface area (Å²) >= 11 is 6.75. The first-order valence-electron chi connectivity index (χ1n) is 12.0. The number of piperazine rings is 1. The summed E-state index contributed by atoms with van der Waals surface area (Å²) in [5.41, 5.74) is 4.00. The van der Waals surface area contributed by atoms with Crippen LogP contribution in [0.25, 0.3) is 16.9 Å². The Morgan fingerprint density at radius 2 is 1.91 bits per heavy atom. The molecule has 3 aromatic rings. The number of hydrogen-bond donors (Lipinski definition) is 1. The van der Waals surface area contributed by atoms with Crippen molar-refractivity contribution in [3.8, 4) is 11.4 Å². The molecule has 6 rings (SSSR count). The summed E-state index contributed by atoms with van der Waals surface area (Å²) in [6, 6.07) is 8.46. The van der Waals surface area contributed by atoms with E-state index in [-0.39, 0.29) is 24.1 Å². The maximum Gasteiger partial charge on any atom is 0.276 e. The summed E-state index contributed by atoms with van der Waals surface area (Å²) < 4.78 is 1.76. The maximum atomic E-state index is 13.4. The number of nitrogens with zero attached hydrogens (tertiary/aromatic N) is 4. The molecule has 0 atom stereocenters. The minimum Gasteiger partial charge on any atom is -0.360 e. The van der Waals surface area contributed by atoms with Crippen LogP contribution in [0.2, 0.25) is 5.02 Å². The number of nitrogens with one attached hydrogen (secondary N) is 1. The standard InChI is InChI=1S/C25H28ClN5O2/c26-23-21-14-17(16-8-9-16)13-20(19-7-4-10-27-19)31(21)28-24(23)25(33)29-11-12-30(22(32)15-29)18-5-2-1-3-6-18/h4,7,10,13-14,16,18,27H,1-3,5-6,8-9,11-12,15H2. The van der Waals surface area contributed by atoms with Crippen LogP contribution in [0.15, 0.2) is 30.5 Å². The minimum atomic E-state index is -0.272. The Morgan fingerprint density at radius 3 is 2.61 bits per heavy atom. The van der Waals surface area contributed by atoms with Crippen molar-refractivity contribution in [1.82, 2.24) is 24.4 Å². The smallest absolute Gasteiger partial charge is 0.276 e. The number of halogens is 1. The monoisotopic (exact) mass is 465 g/mol. The molecular weight excluding hydrogens is 438 g/mol. The lowest BCUT2D eigenvalue weighted by atomic mass is 9.93. The molecule has 33 heavy (non-hydrogen) atoms. The highest BCUT2D eigenvalue weighted by atomic mass is 35.5. The first-order chi connectivity index (χ1) is 16.1. The molecule has 2 aliphatic carbocycles. The van der Waals surface area contributed by atoms with Crippen molar-refractivity contribution >= 4 is 28.9 Å². The molecule has 8 heteroatoms. The molecule has 0 bridgehead atoms. The van der Waals surface area contributed by atoms with Crippen LogP contribution in [-0.2, 0) is 4.79 Å². The van der Waals surface area contributed by atoms with Crippen molar-refractivity contribution in [1.29, 1.82) is 0 Å². The van der Waals surface area contributed by atoms with E-state index in [0.29, 0.717) is 30.1 Å². The lowest BCUT2D eigenvalue weighted by molar-refractivity contribution is -0.138. The summed E-state index contributed by atoms with van der Waals surface area (Å²) in [7, 11) is 0. The first kappa shape index (κ1) is 20.8. The third kappa shape index (κ3) is 3.72. The second kappa shape index (κ2) is 8.20. The van der Waals surface area contributed by atoms with Crippen LogP contribution in [0.3, 0.4) is 0 Å². The van der Waals surface area contributed by atoms with Gasteiger partial charge in [-0.3, -0.25) is 9.59 Å². The average molecular weight is 466 g/mol. The van der Waals surface area contributed by atoms with Crippen molar-refractivity contribution in [2.24, 2.45) is 0 Å². The maximum absolute atomic E-state index is 13.4. The molecule has 0 radical (unpaired) electrons. The molecule has 0 aromatic carbocycles. The van der Waals surface area contributed by atoms with Crippen LogP contribution >= 0.6 is 11.6 Å². The topological polar surface area (TPSA) is 73.7 Å². The van der Waals surface area contributed by atoms with Gasteiger partial charge in [-0.25, -0.2) is 4.52 Å². The molecule has 0 unspecified atom stereocenters. The van der Waals surface area contributed by atoms with Gasteiger partial charge in [-0.1, -0.05) is 30.9 Å². The molecule has 172 valence electrons. The summed E-state index contributed by atoms with van der Waals surface area (Å²) in [6.45, 7) is 1.19. The van der Waals surface area contributed by atoms with Gasteiger partial charge in [0.25, 0.3) is 5.91 Å². The highest BCUT2D eigenvalue weighted by Gasteiger charge is 2.35. The van der Waals surface area contributed by atoms with Crippen LogP contribution in [-0.4, -0.2) is 61.9 Å². The van der Waals surface area contributed by atoms with E-state index in [1.54, 1.807) is 9.42 Å². The molecule has 3 aliphatic rings. The predicted molar refractivity (Wildman–Crippen MR) is 126 cm³/mol. The van der Waals surface area contributed by atoms with E-state index in [1.807, 2.05) is 23.2 Å². The van der Waals surface area contributed by atoms with Gasteiger partial charge in [-0.15, -0.1) is 0 Å². The van der Waals surface area contributed by atoms with E-state index in [9.17, 15) is 9.59 Å². The number of carbonyl (C=O) groups is 2. The quantitative estimate of drug-likeness (QED) is 0.617. The van der Waals surface area contributed by atoms with Crippen molar-refractivity contribution in [3.05, 3.63) is 46.7 Å². The highest BCUT2D eigenvalue weighted by Crippen LogP contribution is 2.42. The first-order valence-corrected chi connectivity index (χ1v) is 12.4. The highest BCUT2D eigenvalue weighted by molar-refractivity contribution is 6.37. The van der Waals surface area contributed by atoms with Gasteiger partial charge >= 0.3 is 0 Å². The fourth-order valence-corrected chi connectivity index (χ4v) is 5.65. The number of fused-ring (bicyclic) bond motifs is 1. The zero-order valence-electron chi connectivity index (χ0n) is 18.6. The van der Waals surface area contributed by atoms with Gasteiger partial charge in [0.1, 0.15) is 6.54 Å². The van der Waals surface area contributed by atoms with Gasteiger partial charge in [0.05, 0.1) is 21.9 Å². The van der Waals surface area contributed by atoms with Crippen LogP contribution in [0.1, 0.15) is 66.9 Å². The number of aromatic nitrogens is 3. The van der Waals surface area contributed by atoms with Crippen LogP contribution in [0.5, 0.6) is 0 Å². The van der Waals surface area contributed by atoms with Gasteiger partial charge in [-0.05, 0) is 61.4 Å². The third-order valence-electron chi connectivity index (χ3n) is 7.38. The SMILES string of the molecule is O=C(c1nn2c(-c3ccc[nH]3)cc(C3CC3)cc2c1Cl)N1CCN(C2CCCCC2)C(=O)C1. The number of rotatable bonds is 4. The minimum absolute atomic E-state index is 0.0319. The van der Waals surface area contributed by atoms with Gasteiger partial charge < -0.3 is 14.8 Å². The van der Waals surface area contributed by atoms with E-state index < -0.39 is 0 Å². The van der Waals surface area contributed by atoms with Crippen LogP contribution in [0, 0.1) is 0 Å². The average Bonchev–Trinajstić information content (AvgIpc) is 3.44. The Kier molecular flexibility index (Phi) is 5.17. The van der Waals surface area contributed by atoms with E-state index in [4.69, 9.17) is 11.6 Å². The zero-order valence-corrected chi connectivity index (χ0v) is 19.4. The number of carbonyl (C=O) groups excluding carboxylic acids is 2. The Hall–Kier alpha value is -2.80. The van der Waals surface area contributed by atoms with Gasteiger partial charge in [0.2, 0.25) is 5.91 Å². The van der Waals surface area contributed by atoms with Crippen LogP contribution in [0.4, 0.5) is 0 Å². The summed E-state index contributed by atoms with van der Waals surface area (Å²) in [6.07, 6.45) is 9.98. The Labute approximate surface area is 197 Å². The van der Waals surface area contributed by atoms with Gasteiger partial charge in [0.15, 0.2) is 5.69 Å². The molecule has 1 saturated heterocycles. The zero-order chi connectivity index (χ0) is 22.5. The Bertz CT molecular complexity index is 1210. The van der Waals surface area contributed by atoms with E-state index >= 15 is 0 Å². The lowest BCUT2D eigenvalue weighted by Crippen LogP contribution is -2.55. The van der Waals surface area contributed by atoms with Crippen molar-refractivity contribution in [2.45, 2.75) is 56.9 Å². The van der Waals surface area contributed by atoms with Crippen molar-refractivity contribution < 1.29 is 9.59 Å². The number of amides is 2. The number of pyridine rings is 1. The molecule has 1 aliphatic heterocycles. The molecule has 2 saturated carbocycles. The Morgan fingerprint density at radius 1 is 1.09 bits per heavy atom. The van der Waals surface area contributed by atoms with Crippen molar-refractivity contribution in [2.75, 3.05) is 19.6 Å². The van der Waals surface area contributed by atoms with E-state index in [2.05, 4.69) is 22.2 Å². The molecular formula is C25H28ClN5O2. The number of H-pyrrole nitrogens is 1. The number of hydrogen-bond acceptors (Lipinski definition) is 3. The second-order valence-corrected chi connectivity index (χ2v) is 9.98. The molecule has 7 nitrogen and oxygen atoms in total. The normalized spacial score (nSPS) is 20.1. The third-order valence-corrected chi connectivity index (χ3v) is 7.75. The van der Waals surface area contributed by atoms with Gasteiger partial charge in [0, 0.05) is 25.3 Å². The van der Waals surface area contributed by atoms with Crippen molar-refractivity contribution in [3.63, 3.8) is 0 Å². The fourth-order valence-electron chi connectivity index (χ4n) is 5.40. The largest absolute Gasteiger partial charge is 0.360 e.